The second-order valence-electron chi connectivity index (χ2n) is 7.02. The van der Waals surface area contributed by atoms with Crippen LogP contribution in [0.5, 0.6) is 0 Å². The number of furan rings is 1. The van der Waals surface area contributed by atoms with Crippen LogP contribution in [-0.4, -0.2) is 65.7 Å². The van der Waals surface area contributed by atoms with Crippen LogP contribution in [0, 0.1) is 23.7 Å². The van der Waals surface area contributed by atoms with E-state index in [2.05, 4.69) is 34.3 Å². The summed E-state index contributed by atoms with van der Waals surface area (Å²) in [6.07, 6.45) is -1.20. The van der Waals surface area contributed by atoms with Crippen LogP contribution >= 0.6 is 0 Å². The Hall–Kier alpha value is -3.64. The molecule has 6 N–H and O–H groups in total. The standard InChI is InChI=1S/C24H27N3O7/c1-17(29)22(24(31)27-32)26-23(30)19-8-6-18(7-9-19)4-2-3-5-20-10-11-21(34-20)16-25-12-14-33-15-13-28/h6-11,17,22,25,28-29,32H,12-16H2,1H3,(H,26,30)(H,27,31)/t17-,22-/m0/s1. The van der Waals surface area contributed by atoms with Gasteiger partial charge in [0.15, 0.2) is 5.76 Å². The number of hydroxylamine groups is 1. The lowest BCUT2D eigenvalue weighted by atomic mass is 10.1. The topological polar surface area (TPSA) is 153 Å². The molecule has 0 aliphatic heterocycles. The molecule has 2 rings (SSSR count). The Balaban J connectivity index is 1.86. The molecule has 0 fully saturated rings. The van der Waals surface area contributed by atoms with E-state index >= 15 is 0 Å². The summed E-state index contributed by atoms with van der Waals surface area (Å²) in [6, 6.07) is 8.54. The zero-order valence-corrected chi connectivity index (χ0v) is 18.6. The Bertz CT molecular complexity index is 1060. The summed E-state index contributed by atoms with van der Waals surface area (Å²) >= 11 is 0. The van der Waals surface area contributed by atoms with Gasteiger partial charge in [0.25, 0.3) is 11.8 Å². The van der Waals surface area contributed by atoms with Crippen molar-refractivity contribution < 1.29 is 34.2 Å². The van der Waals surface area contributed by atoms with E-state index in [4.69, 9.17) is 19.5 Å². The lowest BCUT2D eigenvalue weighted by molar-refractivity contribution is -0.133. The van der Waals surface area contributed by atoms with Crippen LogP contribution in [0.25, 0.3) is 0 Å². The van der Waals surface area contributed by atoms with E-state index in [-0.39, 0.29) is 12.2 Å². The number of aliphatic hydroxyl groups excluding tert-OH is 2. The van der Waals surface area contributed by atoms with Gasteiger partial charge in [-0.15, -0.1) is 0 Å². The highest BCUT2D eigenvalue weighted by Gasteiger charge is 2.25. The molecule has 0 saturated heterocycles. The fraction of sp³-hybridized carbons (Fsp3) is 0.333. The average Bonchev–Trinajstić information content (AvgIpc) is 3.29. The number of ether oxygens (including phenoxy) is 1. The SMILES string of the molecule is C[C@H](O)[C@H](NC(=O)c1ccc(C#CC#Cc2ccc(CNCCOCCO)o2)cc1)C(=O)NO. The molecule has 2 aromatic rings. The maximum absolute atomic E-state index is 12.3. The number of rotatable bonds is 11. The maximum Gasteiger partial charge on any atom is 0.268 e. The molecule has 180 valence electrons. The van der Waals surface area contributed by atoms with Gasteiger partial charge in [-0.3, -0.25) is 14.8 Å². The highest BCUT2D eigenvalue weighted by atomic mass is 16.5. The van der Waals surface area contributed by atoms with Crippen LogP contribution in [-0.2, 0) is 16.1 Å². The molecule has 0 unspecified atom stereocenters. The molecule has 1 aromatic heterocycles. The van der Waals surface area contributed by atoms with Gasteiger partial charge in [0.05, 0.1) is 32.5 Å². The van der Waals surface area contributed by atoms with Gasteiger partial charge in [-0.25, -0.2) is 5.48 Å². The lowest BCUT2D eigenvalue weighted by Crippen LogP contribution is -2.51. The molecule has 10 nitrogen and oxygen atoms in total. The largest absolute Gasteiger partial charge is 0.451 e. The van der Waals surface area contributed by atoms with Gasteiger partial charge < -0.3 is 30.0 Å². The first-order valence-corrected chi connectivity index (χ1v) is 10.5. The summed E-state index contributed by atoms with van der Waals surface area (Å²) < 4.78 is 10.7. The van der Waals surface area contributed by atoms with Crippen molar-refractivity contribution in [1.29, 1.82) is 0 Å². The van der Waals surface area contributed by atoms with Crippen molar-refractivity contribution in [3.05, 3.63) is 59.0 Å². The van der Waals surface area contributed by atoms with E-state index in [1.54, 1.807) is 18.2 Å². The maximum atomic E-state index is 12.3. The summed E-state index contributed by atoms with van der Waals surface area (Å²) in [5, 5.41) is 32.4. The van der Waals surface area contributed by atoms with Crippen molar-refractivity contribution >= 4 is 11.8 Å². The molecule has 1 heterocycles. The fourth-order valence-electron chi connectivity index (χ4n) is 2.66. The number of benzene rings is 1. The molecule has 0 radical (unpaired) electrons. The molecule has 1 aromatic carbocycles. The van der Waals surface area contributed by atoms with Crippen LogP contribution in [0.4, 0.5) is 0 Å². The number of hydrogen-bond acceptors (Lipinski definition) is 8. The van der Waals surface area contributed by atoms with Crippen molar-refractivity contribution in [1.82, 2.24) is 16.1 Å². The first kappa shape index (κ1) is 26.6. The molecule has 34 heavy (non-hydrogen) atoms. The zero-order valence-electron chi connectivity index (χ0n) is 18.6. The van der Waals surface area contributed by atoms with Crippen LogP contribution in [0.15, 0.2) is 40.8 Å². The van der Waals surface area contributed by atoms with Crippen LogP contribution in [0.2, 0.25) is 0 Å². The van der Waals surface area contributed by atoms with Gasteiger partial charge in [-0.2, -0.15) is 0 Å². The van der Waals surface area contributed by atoms with Crippen molar-refractivity contribution in [3.8, 4) is 23.7 Å². The molecule has 0 aliphatic carbocycles. The minimum Gasteiger partial charge on any atom is -0.451 e. The zero-order chi connectivity index (χ0) is 24.8. The van der Waals surface area contributed by atoms with E-state index in [1.807, 2.05) is 6.07 Å². The third-order valence-corrected chi connectivity index (χ3v) is 4.38. The third-order valence-electron chi connectivity index (χ3n) is 4.38. The second-order valence-corrected chi connectivity index (χ2v) is 7.02. The van der Waals surface area contributed by atoms with Crippen molar-refractivity contribution in [3.63, 3.8) is 0 Å². The monoisotopic (exact) mass is 469 g/mol. The predicted octanol–water partition coefficient (Wildman–Crippen LogP) is -0.234. The van der Waals surface area contributed by atoms with Gasteiger partial charge in [0, 0.05) is 17.7 Å². The number of nitrogens with one attached hydrogen (secondary N) is 3. The van der Waals surface area contributed by atoms with Crippen molar-refractivity contribution in [2.45, 2.75) is 25.6 Å². The highest BCUT2D eigenvalue weighted by molar-refractivity contribution is 5.97. The molecule has 0 bridgehead atoms. The number of carbonyl (C=O) groups is 2. The van der Waals surface area contributed by atoms with E-state index in [0.29, 0.717) is 37.6 Å². The summed E-state index contributed by atoms with van der Waals surface area (Å²) in [4.78, 5) is 23.8. The highest BCUT2D eigenvalue weighted by Crippen LogP contribution is 2.07. The van der Waals surface area contributed by atoms with E-state index in [0.717, 1.165) is 5.76 Å². The Labute approximate surface area is 197 Å². The van der Waals surface area contributed by atoms with E-state index < -0.39 is 24.0 Å². The molecule has 10 heteroatoms. The van der Waals surface area contributed by atoms with E-state index in [9.17, 15) is 14.7 Å². The fourth-order valence-corrected chi connectivity index (χ4v) is 2.66. The molecule has 2 atom stereocenters. The van der Waals surface area contributed by atoms with E-state index in [1.165, 1.54) is 24.5 Å². The van der Waals surface area contributed by atoms with Gasteiger partial charge in [-0.1, -0.05) is 5.92 Å². The van der Waals surface area contributed by atoms with Gasteiger partial charge in [0.2, 0.25) is 0 Å². The first-order chi connectivity index (χ1) is 16.4. The number of aliphatic hydroxyl groups is 2. The molecule has 0 saturated carbocycles. The summed E-state index contributed by atoms with van der Waals surface area (Å²) in [5.41, 5.74) is 2.28. The van der Waals surface area contributed by atoms with Crippen LogP contribution < -0.4 is 16.1 Å². The Morgan fingerprint density at radius 2 is 1.82 bits per heavy atom. The van der Waals surface area contributed by atoms with Crippen LogP contribution in [0.3, 0.4) is 0 Å². The lowest BCUT2D eigenvalue weighted by Gasteiger charge is -2.19. The molecule has 2 amide bonds. The normalized spacial score (nSPS) is 11.9. The third kappa shape index (κ3) is 9.08. The minimum absolute atomic E-state index is 0.00413. The minimum atomic E-state index is -1.30. The number of carbonyl (C=O) groups excluding carboxylic acids is 2. The smallest absolute Gasteiger partial charge is 0.268 e. The van der Waals surface area contributed by atoms with Gasteiger partial charge in [-0.05, 0) is 61.1 Å². The Kier molecular flexibility index (Phi) is 11.3. The summed E-state index contributed by atoms with van der Waals surface area (Å²) in [6.45, 7) is 3.30. The summed E-state index contributed by atoms with van der Waals surface area (Å²) in [5.74, 6) is 10.8. The number of amides is 2. The second kappa shape index (κ2) is 14.5. The Morgan fingerprint density at radius 1 is 1.09 bits per heavy atom. The van der Waals surface area contributed by atoms with Crippen molar-refractivity contribution in [2.24, 2.45) is 0 Å². The predicted molar refractivity (Wildman–Crippen MR) is 121 cm³/mol. The molecular weight excluding hydrogens is 442 g/mol. The first-order valence-electron chi connectivity index (χ1n) is 10.5. The van der Waals surface area contributed by atoms with Gasteiger partial charge >= 0.3 is 0 Å². The van der Waals surface area contributed by atoms with Crippen LogP contribution in [0.1, 0.15) is 34.4 Å². The Morgan fingerprint density at radius 3 is 2.50 bits per heavy atom. The molecular formula is C24H27N3O7. The summed E-state index contributed by atoms with van der Waals surface area (Å²) in [7, 11) is 0. The van der Waals surface area contributed by atoms with Crippen molar-refractivity contribution in [2.75, 3.05) is 26.4 Å². The van der Waals surface area contributed by atoms with Gasteiger partial charge in [0.1, 0.15) is 11.8 Å². The quantitative estimate of drug-likeness (QED) is 0.114. The number of hydrogen-bond donors (Lipinski definition) is 6. The average molecular weight is 469 g/mol. The molecule has 0 aliphatic rings. The molecule has 0 spiro atoms.